The number of hydrogen-bond donors (Lipinski definition) is 1. The Bertz CT molecular complexity index is 1400. The van der Waals surface area contributed by atoms with Crippen molar-refractivity contribution in [1.82, 2.24) is 9.88 Å². The Labute approximate surface area is 220 Å². The normalized spacial score (nSPS) is 17.0. The smallest absolute Gasteiger partial charge is 0.387 e. The molecule has 206 valence electrons. The summed E-state index contributed by atoms with van der Waals surface area (Å²) < 4.78 is 65.6. The molecule has 1 saturated heterocycles. The maximum absolute atomic E-state index is 15.1. The van der Waals surface area contributed by atoms with E-state index < -0.39 is 47.5 Å². The lowest BCUT2D eigenvalue weighted by Crippen LogP contribution is -2.37. The van der Waals surface area contributed by atoms with Gasteiger partial charge in [0.2, 0.25) is 5.91 Å². The predicted molar refractivity (Wildman–Crippen MR) is 133 cm³/mol. The first-order valence-corrected chi connectivity index (χ1v) is 12.0. The predicted octanol–water partition coefficient (Wildman–Crippen LogP) is 3.93. The van der Waals surface area contributed by atoms with Gasteiger partial charge < -0.3 is 24.3 Å². The zero-order chi connectivity index (χ0) is 28.3. The summed E-state index contributed by atoms with van der Waals surface area (Å²) >= 11 is 0. The number of ether oxygens (including phenoxy) is 2. The van der Waals surface area contributed by atoms with Crippen LogP contribution in [0.2, 0.25) is 0 Å². The number of carbonyl (C=O) groups is 2. The molecule has 2 heterocycles. The summed E-state index contributed by atoms with van der Waals surface area (Å²) in [5.41, 5.74) is -0.678. The van der Waals surface area contributed by atoms with Crippen molar-refractivity contribution in [2.45, 2.75) is 26.0 Å². The van der Waals surface area contributed by atoms with E-state index >= 15 is 8.78 Å². The molecule has 39 heavy (non-hydrogen) atoms. The number of rotatable bonds is 9. The van der Waals surface area contributed by atoms with E-state index in [4.69, 9.17) is 4.74 Å². The van der Waals surface area contributed by atoms with Gasteiger partial charge >= 0.3 is 6.61 Å². The van der Waals surface area contributed by atoms with Crippen LogP contribution in [0.25, 0.3) is 0 Å². The van der Waals surface area contributed by atoms with Crippen molar-refractivity contribution in [2.75, 3.05) is 25.1 Å². The quantitative estimate of drug-likeness (QED) is 0.410. The third-order valence-corrected chi connectivity index (χ3v) is 6.56. The third-order valence-electron chi connectivity index (χ3n) is 6.56. The van der Waals surface area contributed by atoms with E-state index in [0.29, 0.717) is 6.54 Å². The highest BCUT2D eigenvalue weighted by molar-refractivity contribution is 5.99. The highest BCUT2D eigenvalue weighted by Gasteiger charge is 2.45. The van der Waals surface area contributed by atoms with Crippen LogP contribution >= 0.6 is 0 Å². The van der Waals surface area contributed by atoms with Crippen LogP contribution < -0.4 is 25.2 Å². The van der Waals surface area contributed by atoms with Crippen LogP contribution in [-0.2, 0) is 11.3 Å². The number of methoxy groups -OCH3 is 1. The van der Waals surface area contributed by atoms with Crippen LogP contribution in [0.3, 0.4) is 0 Å². The first kappa shape index (κ1) is 27.7. The van der Waals surface area contributed by atoms with Gasteiger partial charge in [-0.2, -0.15) is 8.78 Å². The minimum Gasteiger partial charge on any atom is -0.497 e. The largest absolute Gasteiger partial charge is 0.497 e. The molecule has 1 fully saturated rings. The number of aromatic nitrogens is 1. The average molecular weight is 548 g/mol. The second-order valence-corrected chi connectivity index (χ2v) is 8.76. The van der Waals surface area contributed by atoms with Gasteiger partial charge in [-0.25, -0.2) is 8.78 Å². The van der Waals surface area contributed by atoms with Crippen LogP contribution in [-0.4, -0.2) is 43.2 Å². The van der Waals surface area contributed by atoms with Gasteiger partial charge in [-0.05, 0) is 43.3 Å². The second-order valence-electron chi connectivity index (χ2n) is 8.76. The highest BCUT2D eigenvalue weighted by atomic mass is 19.3. The molecule has 1 aliphatic rings. The molecule has 1 aliphatic heterocycles. The van der Waals surface area contributed by atoms with Crippen molar-refractivity contribution >= 4 is 17.5 Å². The Morgan fingerprint density at radius 1 is 1.08 bits per heavy atom. The molecule has 4 rings (SSSR count). The number of pyridine rings is 1. The SMILES string of the molecule is CCn1cccc(N2C[C@@H](c3c(F)cc(OC)cc3F)C(CNC(=O)c3ccc(OC(F)F)cc3)C2=O)c1=O. The van der Waals surface area contributed by atoms with Gasteiger partial charge in [0.05, 0.1) is 13.0 Å². The number of alkyl halides is 2. The fourth-order valence-electron chi connectivity index (χ4n) is 4.63. The monoisotopic (exact) mass is 547 g/mol. The first-order valence-electron chi connectivity index (χ1n) is 12.0. The third kappa shape index (κ3) is 5.74. The van der Waals surface area contributed by atoms with E-state index in [1.54, 1.807) is 19.2 Å². The summed E-state index contributed by atoms with van der Waals surface area (Å²) in [5, 5.41) is 2.57. The zero-order valence-electron chi connectivity index (χ0n) is 21.0. The lowest BCUT2D eigenvalue weighted by Gasteiger charge is -2.19. The summed E-state index contributed by atoms with van der Waals surface area (Å²) in [6, 6.07) is 9.92. The van der Waals surface area contributed by atoms with Crippen molar-refractivity contribution in [3.05, 3.63) is 87.8 Å². The number of nitrogens with zero attached hydrogens (tertiary/aromatic N) is 2. The molecule has 1 N–H and O–H groups in total. The van der Waals surface area contributed by atoms with Gasteiger partial charge in [-0.15, -0.1) is 0 Å². The topological polar surface area (TPSA) is 89.9 Å². The summed E-state index contributed by atoms with van der Waals surface area (Å²) in [7, 11) is 1.26. The maximum atomic E-state index is 15.1. The van der Waals surface area contributed by atoms with Crippen LogP contribution in [0, 0.1) is 17.6 Å². The molecular weight excluding hydrogens is 522 g/mol. The number of hydrogen-bond acceptors (Lipinski definition) is 5. The minimum atomic E-state index is -3.03. The maximum Gasteiger partial charge on any atom is 0.387 e. The molecule has 0 bridgehead atoms. The van der Waals surface area contributed by atoms with Crippen molar-refractivity contribution in [2.24, 2.45) is 5.92 Å². The van der Waals surface area contributed by atoms with Crippen LogP contribution in [0.4, 0.5) is 23.2 Å². The molecule has 12 heteroatoms. The summed E-state index contributed by atoms with van der Waals surface area (Å²) in [4.78, 5) is 40.4. The Hall–Kier alpha value is -4.35. The number of carbonyl (C=O) groups excluding carboxylic acids is 2. The Balaban J connectivity index is 1.64. The lowest BCUT2D eigenvalue weighted by molar-refractivity contribution is -0.120. The molecule has 1 unspecified atom stereocenters. The van der Waals surface area contributed by atoms with Gasteiger partial charge in [0, 0.05) is 55.0 Å². The van der Waals surface area contributed by atoms with Crippen LogP contribution in [0.15, 0.2) is 59.5 Å². The van der Waals surface area contributed by atoms with E-state index in [1.165, 1.54) is 46.9 Å². The number of benzene rings is 2. The Morgan fingerprint density at radius 3 is 2.33 bits per heavy atom. The zero-order valence-corrected chi connectivity index (χ0v) is 21.0. The van der Waals surface area contributed by atoms with Gasteiger partial charge in [0.15, 0.2) is 0 Å². The molecule has 3 aromatic rings. The molecule has 0 spiro atoms. The highest BCUT2D eigenvalue weighted by Crippen LogP contribution is 2.39. The standard InChI is InChI=1S/C27H25F4N3O5/c1-3-33-10-4-5-22(26(33)37)34-14-19(23-20(28)11-17(38-2)12-21(23)29)18(25(34)36)13-32-24(35)15-6-8-16(9-7-15)39-27(30)31/h4-12,18-19,27H,3,13-14H2,1-2H3,(H,32,35)/t18?,19-/m1/s1. The van der Waals surface area contributed by atoms with E-state index in [-0.39, 0.29) is 41.4 Å². The number of amides is 2. The molecule has 0 aliphatic carbocycles. The molecule has 0 saturated carbocycles. The van der Waals surface area contributed by atoms with E-state index in [9.17, 15) is 23.2 Å². The van der Waals surface area contributed by atoms with E-state index in [1.807, 2.05) is 0 Å². The minimum absolute atomic E-state index is 0.0482. The van der Waals surface area contributed by atoms with Crippen molar-refractivity contribution in [3.8, 4) is 11.5 Å². The van der Waals surface area contributed by atoms with Gasteiger partial charge in [-0.3, -0.25) is 14.4 Å². The van der Waals surface area contributed by atoms with Crippen LogP contribution in [0.5, 0.6) is 11.5 Å². The molecule has 2 aromatic carbocycles. The number of anilines is 1. The second kappa shape index (κ2) is 11.6. The fraction of sp³-hybridized carbons (Fsp3) is 0.296. The fourth-order valence-corrected chi connectivity index (χ4v) is 4.63. The number of aryl methyl sites for hydroxylation is 1. The lowest BCUT2D eigenvalue weighted by atomic mass is 9.87. The number of halogens is 4. The summed E-state index contributed by atoms with van der Waals surface area (Å²) in [6.07, 6.45) is 1.56. The van der Waals surface area contributed by atoms with E-state index in [0.717, 1.165) is 12.1 Å². The molecule has 2 amide bonds. The average Bonchev–Trinajstić information content (AvgIpc) is 3.22. The molecular formula is C27H25F4N3O5. The van der Waals surface area contributed by atoms with Crippen LogP contribution in [0.1, 0.15) is 28.8 Å². The Morgan fingerprint density at radius 2 is 1.74 bits per heavy atom. The van der Waals surface area contributed by atoms with Gasteiger partial charge in [0.25, 0.3) is 11.5 Å². The molecule has 8 nitrogen and oxygen atoms in total. The Kier molecular flexibility index (Phi) is 8.22. The summed E-state index contributed by atoms with van der Waals surface area (Å²) in [6.45, 7) is -1.44. The first-order chi connectivity index (χ1) is 18.6. The van der Waals surface area contributed by atoms with Crippen molar-refractivity contribution in [3.63, 3.8) is 0 Å². The van der Waals surface area contributed by atoms with Gasteiger partial charge in [-0.1, -0.05) is 0 Å². The summed E-state index contributed by atoms with van der Waals surface area (Å²) in [5.74, 6) is -5.48. The van der Waals surface area contributed by atoms with Crippen molar-refractivity contribution in [1.29, 1.82) is 0 Å². The number of nitrogens with one attached hydrogen (secondary N) is 1. The van der Waals surface area contributed by atoms with E-state index in [2.05, 4.69) is 10.1 Å². The molecule has 0 radical (unpaired) electrons. The molecule has 1 aromatic heterocycles. The van der Waals surface area contributed by atoms with Gasteiger partial charge in [0.1, 0.15) is 28.8 Å². The van der Waals surface area contributed by atoms with Crippen molar-refractivity contribution < 1.29 is 36.6 Å². The molecule has 2 atom stereocenters.